The molecule has 0 bridgehead atoms. The fraction of sp³-hybridized carbons (Fsp3) is 0.688. The Labute approximate surface area is 117 Å². The highest BCUT2D eigenvalue weighted by Gasteiger charge is 2.32. The van der Waals surface area contributed by atoms with Crippen LogP contribution >= 0.6 is 0 Å². The van der Waals surface area contributed by atoms with Crippen molar-refractivity contribution >= 4 is 5.78 Å². The summed E-state index contributed by atoms with van der Waals surface area (Å²) in [5.41, 5.74) is 2.90. The third kappa shape index (κ3) is 3.69. The second-order valence-corrected chi connectivity index (χ2v) is 5.15. The van der Waals surface area contributed by atoms with Crippen molar-refractivity contribution in [3.8, 4) is 0 Å². The molecule has 0 saturated carbocycles. The molecule has 0 aromatic carbocycles. The van der Waals surface area contributed by atoms with Crippen LogP contribution in [0.15, 0.2) is 22.9 Å². The zero-order valence-electron chi connectivity index (χ0n) is 13.0. The molecule has 0 aromatic heterocycles. The van der Waals surface area contributed by atoms with E-state index in [1.807, 2.05) is 27.1 Å². The topological polar surface area (TPSA) is 29.5 Å². The number of nitrogens with zero attached hydrogens (tertiary/aromatic N) is 1. The van der Waals surface area contributed by atoms with Crippen molar-refractivity contribution in [3.05, 3.63) is 22.9 Å². The van der Waals surface area contributed by atoms with Gasteiger partial charge in [-0.15, -0.1) is 0 Å². The summed E-state index contributed by atoms with van der Waals surface area (Å²) in [6.45, 7) is 6.84. The van der Waals surface area contributed by atoms with E-state index in [-0.39, 0.29) is 11.9 Å². The average Bonchev–Trinajstić information content (AvgIpc) is 2.64. The first-order chi connectivity index (χ1) is 9.06. The number of carbonyl (C=O) groups excluding carboxylic acids is 1. The highest BCUT2D eigenvalue weighted by atomic mass is 16.5. The van der Waals surface area contributed by atoms with Gasteiger partial charge in [0.2, 0.25) is 0 Å². The molecular formula is C16H27NO2. The van der Waals surface area contributed by atoms with Crippen molar-refractivity contribution in [2.45, 2.75) is 52.6 Å². The molecule has 3 nitrogen and oxygen atoms in total. The van der Waals surface area contributed by atoms with Gasteiger partial charge in [-0.25, -0.2) is 0 Å². The minimum Gasteiger partial charge on any atom is -0.381 e. The van der Waals surface area contributed by atoms with E-state index in [0.717, 1.165) is 42.5 Å². The summed E-state index contributed by atoms with van der Waals surface area (Å²) < 4.78 is 5.76. The van der Waals surface area contributed by atoms with E-state index < -0.39 is 0 Å². The van der Waals surface area contributed by atoms with E-state index in [9.17, 15) is 4.79 Å². The lowest BCUT2D eigenvalue weighted by molar-refractivity contribution is -0.112. The molecule has 0 N–H and O–H groups in total. The Morgan fingerprint density at radius 1 is 1.26 bits per heavy atom. The minimum atomic E-state index is -0.150. The smallest absolute Gasteiger partial charge is 0.189 e. The molecule has 0 aromatic rings. The number of Topliss-reactive ketones (excluding diaryl/α,β-unsaturated/α-hetero) is 1. The van der Waals surface area contributed by atoms with E-state index in [1.54, 1.807) is 0 Å². The van der Waals surface area contributed by atoms with Crippen molar-refractivity contribution in [2.24, 2.45) is 0 Å². The lowest BCUT2D eigenvalue weighted by Crippen LogP contribution is -2.22. The quantitative estimate of drug-likeness (QED) is 0.661. The maximum atomic E-state index is 12.6. The molecule has 1 atom stereocenters. The normalized spacial score (nSPS) is 21.6. The van der Waals surface area contributed by atoms with Crippen molar-refractivity contribution in [1.82, 2.24) is 4.90 Å². The van der Waals surface area contributed by atoms with Crippen LogP contribution in [0.25, 0.3) is 0 Å². The highest BCUT2D eigenvalue weighted by molar-refractivity contribution is 6.12. The molecule has 0 aliphatic heterocycles. The largest absolute Gasteiger partial charge is 0.381 e. The second-order valence-electron chi connectivity index (χ2n) is 5.15. The first-order valence-corrected chi connectivity index (χ1v) is 7.34. The minimum absolute atomic E-state index is 0.150. The number of carbonyl (C=O) groups is 1. The summed E-state index contributed by atoms with van der Waals surface area (Å²) in [6.07, 6.45) is 5.66. The van der Waals surface area contributed by atoms with Crippen LogP contribution in [0.5, 0.6) is 0 Å². The number of ether oxygens (including phenoxy) is 1. The van der Waals surface area contributed by atoms with E-state index in [2.05, 4.69) is 18.7 Å². The van der Waals surface area contributed by atoms with Gasteiger partial charge >= 0.3 is 0 Å². The third-order valence-electron chi connectivity index (χ3n) is 3.38. The molecule has 19 heavy (non-hydrogen) atoms. The Balaban J connectivity index is 3.15. The molecule has 1 rings (SSSR count). The summed E-state index contributed by atoms with van der Waals surface area (Å²) in [6, 6.07) is 0. The van der Waals surface area contributed by atoms with Crippen LogP contribution in [0.2, 0.25) is 0 Å². The van der Waals surface area contributed by atoms with Crippen LogP contribution < -0.4 is 0 Å². The monoisotopic (exact) mass is 265 g/mol. The van der Waals surface area contributed by atoms with Crippen molar-refractivity contribution in [2.75, 3.05) is 20.7 Å². The fourth-order valence-corrected chi connectivity index (χ4v) is 2.55. The Kier molecular flexibility index (Phi) is 6.29. The predicted molar refractivity (Wildman–Crippen MR) is 79.0 cm³/mol. The van der Waals surface area contributed by atoms with Gasteiger partial charge < -0.3 is 9.64 Å². The van der Waals surface area contributed by atoms with Gasteiger partial charge in [0.1, 0.15) is 6.10 Å². The molecule has 0 spiro atoms. The zero-order chi connectivity index (χ0) is 14.4. The van der Waals surface area contributed by atoms with Gasteiger partial charge in [-0.05, 0) is 31.4 Å². The molecule has 0 amide bonds. The lowest BCUT2D eigenvalue weighted by Gasteiger charge is -2.22. The van der Waals surface area contributed by atoms with Gasteiger partial charge in [0, 0.05) is 26.4 Å². The maximum absolute atomic E-state index is 12.6. The number of allylic oxidation sites excluding steroid dienone is 2. The van der Waals surface area contributed by atoms with Crippen LogP contribution in [0.3, 0.4) is 0 Å². The molecule has 1 unspecified atom stereocenters. The first kappa shape index (κ1) is 16.0. The Bertz CT molecular complexity index is 380. The second kappa shape index (κ2) is 7.49. The molecular weight excluding hydrogens is 238 g/mol. The molecule has 0 radical (unpaired) electrons. The highest BCUT2D eigenvalue weighted by Crippen LogP contribution is 2.31. The number of hydrogen-bond donors (Lipinski definition) is 0. The number of ketones is 1. The number of rotatable bonds is 7. The van der Waals surface area contributed by atoms with Crippen LogP contribution in [0, 0.1) is 0 Å². The van der Waals surface area contributed by atoms with Crippen LogP contribution in [0.4, 0.5) is 0 Å². The first-order valence-electron chi connectivity index (χ1n) is 7.34. The SMILES string of the molecule is CCCC1=CC(OCC)/C(=C(\CCC)N(C)C)C1=O. The van der Waals surface area contributed by atoms with Gasteiger partial charge in [-0.3, -0.25) is 4.79 Å². The molecule has 0 heterocycles. The third-order valence-corrected chi connectivity index (χ3v) is 3.38. The van der Waals surface area contributed by atoms with Crippen molar-refractivity contribution in [1.29, 1.82) is 0 Å². The van der Waals surface area contributed by atoms with Gasteiger partial charge in [-0.1, -0.05) is 26.7 Å². The van der Waals surface area contributed by atoms with Gasteiger partial charge in [-0.2, -0.15) is 0 Å². The molecule has 108 valence electrons. The molecule has 3 heteroatoms. The molecule has 1 aliphatic carbocycles. The van der Waals surface area contributed by atoms with E-state index in [4.69, 9.17) is 4.74 Å². The summed E-state index contributed by atoms with van der Waals surface area (Å²) >= 11 is 0. The molecule has 0 saturated heterocycles. The van der Waals surface area contributed by atoms with Crippen LogP contribution in [-0.4, -0.2) is 37.5 Å². The zero-order valence-corrected chi connectivity index (χ0v) is 13.0. The van der Waals surface area contributed by atoms with Crippen LogP contribution in [-0.2, 0) is 9.53 Å². The lowest BCUT2D eigenvalue weighted by atomic mass is 10.0. The van der Waals surface area contributed by atoms with Crippen molar-refractivity contribution < 1.29 is 9.53 Å². The molecule has 1 aliphatic rings. The Hall–Kier alpha value is -1.09. The Morgan fingerprint density at radius 3 is 2.42 bits per heavy atom. The van der Waals surface area contributed by atoms with Gasteiger partial charge in [0.05, 0.1) is 5.57 Å². The number of hydrogen-bond acceptors (Lipinski definition) is 3. The standard InChI is InChI=1S/C16H27NO2/c1-6-9-12-11-14(19-8-3)15(16(12)18)13(10-7-2)17(4)5/h11,14H,6-10H2,1-5H3/b15-13-. The molecule has 0 fully saturated rings. The van der Waals surface area contributed by atoms with Gasteiger partial charge in [0.15, 0.2) is 5.78 Å². The predicted octanol–water partition coefficient (Wildman–Crippen LogP) is 3.32. The summed E-state index contributed by atoms with van der Waals surface area (Å²) in [5, 5.41) is 0. The summed E-state index contributed by atoms with van der Waals surface area (Å²) in [7, 11) is 4.01. The van der Waals surface area contributed by atoms with Crippen LogP contribution in [0.1, 0.15) is 46.5 Å². The Morgan fingerprint density at radius 2 is 1.95 bits per heavy atom. The maximum Gasteiger partial charge on any atom is 0.189 e. The summed E-state index contributed by atoms with van der Waals surface area (Å²) in [5.74, 6) is 0.192. The van der Waals surface area contributed by atoms with E-state index in [0.29, 0.717) is 6.61 Å². The fourth-order valence-electron chi connectivity index (χ4n) is 2.55. The van der Waals surface area contributed by atoms with Crippen molar-refractivity contribution in [3.63, 3.8) is 0 Å². The van der Waals surface area contributed by atoms with E-state index >= 15 is 0 Å². The summed E-state index contributed by atoms with van der Waals surface area (Å²) in [4.78, 5) is 14.6. The van der Waals surface area contributed by atoms with E-state index in [1.165, 1.54) is 0 Å². The average molecular weight is 265 g/mol. The van der Waals surface area contributed by atoms with Gasteiger partial charge in [0.25, 0.3) is 0 Å².